The fourth-order valence-electron chi connectivity index (χ4n) is 6.39. The van der Waals surface area contributed by atoms with Crippen LogP contribution in [0.2, 0.25) is 0 Å². The van der Waals surface area contributed by atoms with Crippen LogP contribution in [0.25, 0.3) is 0 Å². The van der Waals surface area contributed by atoms with Gasteiger partial charge < -0.3 is 10.6 Å². The lowest BCUT2D eigenvalue weighted by atomic mass is 9.72. The molecule has 0 spiro atoms. The number of allylic oxidation sites excluding steroid dienone is 18. The van der Waals surface area contributed by atoms with Crippen LogP contribution >= 0.6 is 0 Å². The molecule has 0 aromatic carbocycles. The predicted molar refractivity (Wildman–Crippen MR) is 203 cm³/mol. The van der Waals surface area contributed by atoms with Gasteiger partial charge >= 0.3 is 0 Å². The molecule has 0 atom stereocenters. The van der Waals surface area contributed by atoms with Crippen molar-refractivity contribution in [3.05, 3.63) is 117 Å². The minimum Gasteiger partial charge on any atom is -0.352 e. The third-order valence-corrected chi connectivity index (χ3v) is 9.22. The number of hydrogen-bond donors (Lipinski definition) is 2. The van der Waals surface area contributed by atoms with Gasteiger partial charge in [0, 0.05) is 25.2 Å². The van der Waals surface area contributed by atoms with E-state index in [0.717, 1.165) is 11.1 Å². The molecular weight excluding hydrogens is 576 g/mol. The summed E-state index contributed by atoms with van der Waals surface area (Å²) >= 11 is 0. The summed E-state index contributed by atoms with van der Waals surface area (Å²) in [5.74, 6) is -0.260. The van der Waals surface area contributed by atoms with Gasteiger partial charge in [0.25, 0.3) is 0 Å². The molecule has 47 heavy (non-hydrogen) atoms. The highest BCUT2D eigenvalue weighted by Crippen LogP contribution is 2.41. The quantitative estimate of drug-likeness (QED) is 0.113. The zero-order chi connectivity index (χ0) is 35.0. The van der Waals surface area contributed by atoms with Gasteiger partial charge in [-0.25, -0.2) is 0 Å². The van der Waals surface area contributed by atoms with Gasteiger partial charge in [-0.15, -0.1) is 0 Å². The number of carbonyl (C=O) groups excluding carboxylic acids is 2. The largest absolute Gasteiger partial charge is 0.352 e. The summed E-state index contributed by atoms with van der Waals surface area (Å²) in [6.45, 7) is 22.9. The molecule has 2 rings (SSSR count). The average molecular weight is 639 g/mol. The summed E-state index contributed by atoms with van der Waals surface area (Å²) in [4.78, 5) is 24.6. The number of amides is 2. The van der Waals surface area contributed by atoms with Crippen molar-refractivity contribution in [2.24, 2.45) is 10.8 Å². The molecule has 2 aliphatic carbocycles. The minimum atomic E-state index is -0.130. The Labute approximate surface area is 287 Å². The van der Waals surface area contributed by atoms with E-state index in [1.807, 2.05) is 38.2 Å². The summed E-state index contributed by atoms with van der Waals surface area (Å²) < 4.78 is 0. The first-order valence-corrected chi connectivity index (χ1v) is 17.5. The van der Waals surface area contributed by atoms with E-state index in [1.54, 1.807) is 12.2 Å². The topological polar surface area (TPSA) is 58.2 Å². The third kappa shape index (κ3) is 14.8. The van der Waals surface area contributed by atoms with Crippen molar-refractivity contribution >= 4 is 11.8 Å². The molecule has 0 unspecified atom stereocenters. The second-order valence-electron chi connectivity index (χ2n) is 14.8. The first kappa shape index (κ1) is 39.5. The van der Waals surface area contributed by atoms with E-state index in [-0.39, 0.29) is 22.6 Å². The zero-order valence-electron chi connectivity index (χ0n) is 31.1. The molecule has 0 saturated heterocycles. The lowest BCUT2D eigenvalue weighted by Crippen LogP contribution is -2.28. The maximum Gasteiger partial charge on any atom is 0.244 e. The summed E-state index contributed by atoms with van der Waals surface area (Å²) in [7, 11) is 0. The fourth-order valence-corrected chi connectivity index (χ4v) is 6.39. The first-order chi connectivity index (χ1) is 22.1. The van der Waals surface area contributed by atoms with Crippen molar-refractivity contribution in [2.45, 2.75) is 114 Å². The van der Waals surface area contributed by atoms with E-state index >= 15 is 0 Å². The van der Waals surface area contributed by atoms with Gasteiger partial charge in [0.15, 0.2) is 0 Å². The number of rotatable bonds is 14. The Morgan fingerprint density at radius 2 is 1.00 bits per heavy atom. The lowest BCUT2D eigenvalue weighted by Gasteiger charge is -2.33. The zero-order valence-corrected chi connectivity index (χ0v) is 31.1. The second kappa shape index (κ2) is 19.2. The Morgan fingerprint density at radius 3 is 1.36 bits per heavy atom. The van der Waals surface area contributed by atoms with Gasteiger partial charge in [-0.05, 0) is 120 Å². The van der Waals surface area contributed by atoms with Crippen LogP contribution in [0.15, 0.2) is 117 Å². The molecule has 0 heterocycles. The molecule has 0 aromatic heterocycles. The molecule has 0 saturated carbocycles. The van der Waals surface area contributed by atoms with E-state index in [0.29, 0.717) is 19.5 Å². The molecule has 0 fully saturated rings. The minimum absolute atomic E-state index is 0.130. The van der Waals surface area contributed by atoms with Crippen LogP contribution < -0.4 is 10.6 Å². The molecule has 4 heteroatoms. The van der Waals surface area contributed by atoms with Gasteiger partial charge in [-0.1, -0.05) is 111 Å². The maximum atomic E-state index is 12.3. The smallest absolute Gasteiger partial charge is 0.244 e. The van der Waals surface area contributed by atoms with Crippen LogP contribution in [0.4, 0.5) is 0 Å². The molecule has 256 valence electrons. The van der Waals surface area contributed by atoms with Gasteiger partial charge in [0.1, 0.15) is 0 Å². The summed E-state index contributed by atoms with van der Waals surface area (Å²) in [6.07, 6.45) is 32.2. The van der Waals surface area contributed by atoms with Crippen LogP contribution in [0.1, 0.15) is 114 Å². The predicted octanol–water partition coefficient (Wildman–Crippen LogP) is 10.7. The Balaban J connectivity index is 1.72. The van der Waals surface area contributed by atoms with Gasteiger partial charge in [0.2, 0.25) is 11.8 Å². The number of hydrogen-bond acceptors (Lipinski definition) is 2. The second-order valence-corrected chi connectivity index (χ2v) is 14.8. The molecule has 4 nitrogen and oxygen atoms in total. The highest BCUT2D eigenvalue weighted by atomic mass is 16.2. The monoisotopic (exact) mass is 638 g/mol. The Hall–Kier alpha value is -3.66. The van der Waals surface area contributed by atoms with Gasteiger partial charge in [-0.3, -0.25) is 9.59 Å². The van der Waals surface area contributed by atoms with Crippen LogP contribution in [0.3, 0.4) is 0 Å². The van der Waals surface area contributed by atoms with E-state index < -0.39 is 0 Å². The summed E-state index contributed by atoms with van der Waals surface area (Å²) in [6, 6.07) is 0. The SMILES string of the molecule is CC1=C(/C=C/C(C)=C/C=C/C(C)=C/C(=O)NCCCNC(=O)/C=C(C)/C=C/C=C(C)/C=C/C2=C(C)CCCC2(C)C)C(C)(C)CCC1. The molecular formula is C43H62N2O2. The fraction of sp³-hybridized carbons (Fsp3) is 0.488. The van der Waals surface area contributed by atoms with E-state index in [9.17, 15) is 9.59 Å². The van der Waals surface area contributed by atoms with Crippen molar-refractivity contribution in [1.29, 1.82) is 0 Å². The van der Waals surface area contributed by atoms with Crippen molar-refractivity contribution in [1.82, 2.24) is 10.6 Å². The van der Waals surface area contributed by atoms with Crippen LogP contribution in [-0.2, 0) is 9.59 Å². The van der Waals surface area contributed by atoms with Crippen molar-refractivity contribution in [3.8, 4) is 0 Å². The van der Waals surface area contributed by atoms with Crippen molar-refractivity contribution < 1.29 is 9.59 Å². The normalized spacial score (nSPS) is 20.0. The van der Waals surface area contributed by atoms with Crippen molar-refractivity contribution in [3.63, 3.8) is 0 Å². The maximum absolute atomic E-state index is 12.3. The molecule has 0 aliphatic heterocycles. The highest BCUT2D eigenvalue weighted by Gasteiger charge is 2.27. The lowest BCUT2D eigenvalue weighted by molar-refractivity contribution is -0.116. The van der Waals surface area contributed by atoms with E-state index in [4.69, 9.17) is 0 Å². The Kier molecular flexibility index (Phi) is 16.2. The molecule has 0 bridgehead atoms. The first-order valence-electron chi connectivity index (χ1n) is 17.5. The average Bonchev–Trinajstić information content (AvgIpc) is 2.95. The Bertz CT molecular complexity index is 1320. The van der Waals surface area contributed by atoms with Gasteiger partial charge in [-0.2, -0.15) is 0 Å². The summed E-state index contributed by atoms with van der Waals surface area (Å²) in [5, 5.41) is 5.80. The van der Waals surface area contributed by atoms with Crippen LogP contribution in [-0.4, -0.2) is 24.9 Å². The molecule has 0 radical (unpaired) electrons. The standard InChI is InChI=1S/C43H62N2O2/c1-32(22-24-38-36(5)20-13-26-42(38,7)8)16-11-18-34(3)30-40(46)44-28-15-29-45-41(47)31-35(4)19-12-17-33(2)23-25-39-37(6)21-14-27-43(39,9)10/h11-12,16-19,22-25,30-31H,13-15,20-21,26-29H2,1-10H3,(H,44,46)(H,45,47)/b18-11+,19-12+,24-22+,25-23+,32-16+,33-17+,34-30+,35-31+. The highest BCUT2D eigenvalue weighted by molar-refractivity contribution is 5.89. The van der Waals surface area contributed by atoms with Crippen molar-refractivity contribution in [2.75, 3.05) is 13.1 Å². The number of carbonyl (C=O) groups is 2. The molecule has 2 N–H and O–H groups in total. The van der Waals surface area contributed by atoms with Crippen LogP contribution in [0.5, 0.6) is 0 Å². The molecule has 2 amide bonds. The molecule has 2 aliphatic rings. The van der Waals surface area contributed by atoms with Crippen LogP contribution in [0, 0.1) is 10.8 Å². The summed E-state index contributed by atoms with van der Waals surface area (Å²) in [5.41, 5.74) is 10.5. The Morgan fingerprint density at radius 1 is 0.617 bits per heavy atom. The molecule has 0 aromatic rings. The third-order valence-electron chi connectivity index (χ3n) is 9.22. The number of nitrogens with one attached hydrogen (secondary N) is 2. The van der Waals surface area contributed by atoms with E-state index in [2.05, 4.69) is 102 Å². The van der Waals surface area contributed by atoms with Gasteiger partial charge in [0.05, 0.1) is 0 Å². The van der Waals surface area contributed by atoms with E-state index in [1.165, 1.54) is 72.0 Å².